The summed E-state index contributed by atoms with van der Waals surface area (Å²) in [5.74, 6) is 0. The monoisotopic (exact) mass is 426 g/mol. The minimum Gasteiger partial charge on any atom is -0.390 e. The summed E-state index contributed by atoms with van der Waals surface area (Å²) in [5.41, 5.74) is 7.16. The number of hydrogen-bond acceptors (Lipinski definition) is 3. The molecule has 0 amide bonds. The maximum Gasteiger partial charge on any atom is 0.0846 e. The molecule has 32 heavy (non-hydrogen) atoms. The Morgan fingerprint density at radius 3 is 2.19 bits per heavy atom. The van der Waals surface area contributed by atoms with Gasteiger partial charge in [-0.25, -0.2) is 0 Å². The second-order valence-corrected chi connectivity index (χ2v) is 8.65. The van der Waals surface area contributed by atoms with Crippen molar-refractivity contribution < 1.29 is 9.84 Å². The highest BCUT2D eigenvalue weighted by Crippen LogP contribution is 2.41. The van der Waals surface area contributed by atoms with Gasteiger partial charge in [-0.1, -0.05) is 72.3 Å². The number of ether oxygens (including phenoxy) is 1. The van der Waals surface area contributed by atoms with Crippen LogP contribution in [0.1, 0.15) is 5.56 Å². The van der Waals surface area contributed by atoms with Gasteiger partial charge in [-0.05, 0) is 30.2 Å². The van der Waals surface area contributed by atoms with Crippen molar-refractivity contribution in [2.45, 2.75) is 19.6 Å². The molecule has 1 aromatic heterocycles. The lowest BCUT2D eigenvalue weighted by Crippen LogP contribution is -2.42. The fraction of sp³-hybridized carbons (Fsp3) is 0.286. The van der Waals surface area contributed by atoms with Gasteiger partial charge in [0.1, 0.15) is 0 Å². The molecule has 5 rings (SSSR count). The molecule has 1 atom stereocenters. The zero-order chi connectivity index (χ0) is 21.9. The van der Waals surface area contributed by atoms with Crippen molar-refractivity contribution in [1.82, 2.24) is 9.47 Å². The molecule has 3 aromatic carbocycles. The van der Waals surface area contributed by atoms with Crippen molar-refractivity contribution in [3.63, 3.8) is 0 Å². The zero-order valence-electron chi connectivity index (χ0n) is 18.6. The largest absolute Gasteiger partial charge is 0.390 e. The summed E-state index contributed by atoms with van der Waals surface area (Å²) in [6.45, 7) is 6.59. The molecule has 1 aliphatic rings. The van der Waals surface area contributed by atoms with Crippen LogP contribution in [0.2, 0.25) is 0 Å². The average molecular weight is 427 g/mol. The Labute approximate surface area is 189 Å². The van der Waals surface area contributed by atoms with Crippen LogP contribution in [0, 0.1) is 6.92 Å². The summed E-state index contributed by atoms with van der Waals surface area (Å²) in [7, 11) is 0. The Morgan fingerprint density at radius 2 is 1.50 bits per heavy atom. The number of aromatic nitrogens is 1. The molecule has 164 valence electrons. The van der Waals surface area contributed by atoms with E-state index in [2.05, 4.69) is 95.3 Å². The Morgan fingerprint density at radius 1 is 0.844 bits per heavy atom. The number of hydrogen-bond donors (Lipinski definition) is 1. The van der Waals surface area contributed by atoms with Crippen molar-refractivity contribution in [2.24, 2.45) is 0 Å². The van der Waals surface area contributed by atoms with Crippen LogP contribution >= 0.6 is 0 Å². The van der Waals surface area contributed by atoms with Crippen LogP contribution < -0.4 is 0 Å². The number of nitrogens with zero attached hydrogens (tertiary/aromatic N) is 2. The van der Waals surface area contributed by atoms with Crippen LogP contribution in [-0.4, -0.2) is 53.5 Å². The molecule has 1 N–H and O–H groups in total. The maximum absolute atomic E-state index is 11.1. The summed E-state index contributed by atoms with van der Waals surface area (Å²) in [4.78, 5) is 2.30. The first kappa shape index (κ1) is 21.0. The van der Waals surface area contributed by atoms with E-state index in [0.717, 1.165) is 31.8 Å². The van der Waals surface area contributed by atoms with Gasteiger partial charge in [-0.2, -0.15) is 0 Å². The first-order valence-corrected chi connectivity index (χ1v) is 11.4. The fourth-order valence-electron chi connectivity index (χ4n) is 4.80. The van der Waals surface area contributed by atoms with Crippen molar-refractivity contribution >= 4 is 10.9 Å². The molecule has 4 nitrogen and oxygen atoms in total. The Kier molecular flexibility index (Phi) is 6.08. The number of rotatable bonds is 6. The third-order valence-corrected chi connectivity index (χ3v) is 6.29. The number of aliphatic hydroxyl groups is 1. The number of aliphatic hydroxyl groups excluding tert-OH is 1. The normalized spacial score (nSPS) is 15.8. The maximum atomic E-state index is 11.1. The minimum absolute atomic E-state index is 0.462. The molecule has 0 unspecified atom stereocenters. The van der Waals surface area contributed by atoms with Crippen LogP contribution in [0.4, 0.5) is 0 Å². The van der Waals surface area contributed by atoms with Gasteiger partial charge in [0, 0.05) is 36.1 Å². The summed E-state index contributed by atoms with van der Waals surface area (Å²) in [6.07, 6.45) is -0.462. The summed E-state index contributed by atoms with van der Waals surface area (Å²) in [5, 5.41) is 12.3. The predicted octanol–water partition coefficient (Wildman–Crippen LogP) is 4.98. The van der Waals surface area contributed by atoms with Crippen LogP contribution in [0.25, 0.3) is 33.3 Å². The molecule has 0 bridgehead atoms. The molecule has 0 spiro atoms. The van der Waals surface area contributed by atoms with Crippen molar-refractivity contribution in [3.05, 3.63) is 84.4 Å². The highest BCUT2D eigenvalue weighted by atomic mass is 16.5. The van der Waals surface area contributed by atoms with Crippen molar-refractivity contribution in [3.8, 4) is 22.4 Å². The van der Waals surface area contributed by atoms with Gasteiger partial charge in [0.05, 0.1) is 31.6 Å². The van der Waals surface area contributed by atoms with E-state index < -0.39 is 6.10 Å². The van der Waals surface area contributed by atoms with Gasteiger partial charge in [0.25, 0.3) is 0 Å². The van der Waals surface area contributed by atoms with Crippen LogP contribution in [0.5, 0.6) is 0 Å². The molecular weight excluding hydrogens is 396 g/mol. The van der Waals surface area contributed by atoms with E-state index in [4.69, 9.17) is 4.74 Å². The smallest absolute Gasteiger partial charge is 0.0846 e. The van der Waals surface area contributed by atoms with Gasteiger partial charge in [0.15, 0.2) is 0 Å². The molecular formula is C28H30N2O2. The third kappa shape index (κ3) is 4.22. The van der Waals surface area contributed by atoms with Crippen LogP contribution in [0.15, 0.2) is 78.9 Å². The number of β-amino-alcohol motifs (C(OH)–C–C–N with tert-alkyl or cyclic N) is 1. The molecule has 0 radical (unpaired) electrons. The summed E-state index contributed by atoms with van der Waals surface area (Å²) in [6, 6.07) is 27.8. The Hall–Kier alpha value is -2.92. The highest BCUT2D eigenvalue weighted by molar-refractivity contribution is 6.04. The fourth-order valence-corrected chi connectivity index (χ4v) is 4.80. The molecule has 1 saturated heterocycles. The standard InChI is InChI=1S/C28H30N2O2/c1-21-12-13-26-25(18-21)27(22-8-4-2-5-9-22)28(23-10-6-3-7-11-23)30(26)20-24(31)19-29-14-16-32-17-15-29/h2-13,18,24,31H,14-17,19-20H2,1H3/t24-/m0/s1. The third-order valence-electron chi connectivity index (χ3n) is 6.29. The molecule has 4 aromatic rings. The van der Waals surface area contributed by atoms with E-state index in [0.29, 0.717) is 13.1 Å². The minimum atomic E-state index is -0.462. The summed E-state index contributed by atoms with van der Waals surface area (Å²) >= 11 is 0. The lowest BCUT2D eigenvalue weighted by atomic mass is 9.98. The average Bonchev–Trinajstić information content (AvgIpc) is 3.13. The number of fused-ring (bicyclic) bond motifs is 1. The van der Waals surface area contributed by atoms with Gasteiger partial charge in [-0.15, -0.1) is 0 Å². The van der Waals surface area contributed by atoms with E-state index >= 15 is 0 Å². The van der Waals surface area contributed by atoms with Gasteiger partial charge >= 0.3 is 0 Å². The Balaban J connectivity index is 1.66. The van der Waals surface area contributed by atoms with Crippen molar-refractivity contribution in [1.29, 1.82) is 0 Å². The van der Waals surface area contributed by atoms with Gasteiger partial charge < -0.3 is 14.4 Å². The van der Waals surface area contributed by atoms with Crippen LogP contribution in [-0.2, 0) is 11.3 Å². The lowest BCUT2D eigenvalue weighted by Gasteiger charge is -2.29. The first-order chi connectivity index (χ1) is 15.7. The van der Waals surface area contributed by atoms with E-state index in [9.17, 15) is 5.11 Å². The molecule has 1 aliphatic heterocycles. The quantitative estimate of drug-likeness (QED) is 0.473. The number of aryl methyl sites for hydroxylation is 1. The molecule has 1 fully saturated rings. The number of morpholine rings is 1. The Bertz CT molecular complexity index is 1180. The molecule has 0 saturated carbocycles. The molecule has 0 aliphatic carbocycles. The number of benzene rings is 3. The molecule has 2 heterocycles. The lowest BCUT2D eigenvalue weighted by molar-refractivity contribution is 0.0118. The molecule has 4 heteroatoms. The topological polar surface area (TPSA) is 37.6 Å². The van der Waals surface area contributed by atoms with E-state index in [1.54, 1.807) is 0 Å². The van der Waals surface area contributed by atoms with Gasteiger partial charge in [-0.3, -0.25) is 4.90 Å². The van der Waals surface area contributed by atoms with Gasteiger partial charge in [0.2, 0.25) is 0 Å². The van der Waals surface area contributed by atoms with Crippen molar-refractivity contribution in [2.75, 3.05) is 32.8 Å². The zero-order valence-corrected chi connectivity index (χ0v) is 18.6. The van der Waals surface area contributed by atoms with E-state index in [1.807, 2.05) is 0 Å². The second kappa shape index (κ2) is 9.29. The summed E-state index contributed by atoms with van der Waals surface area (Å²) < 4.78 is 7.79. The predicted molar refractivity (Wildman–Crippen MR) is 131 cm³/mol. The van der Waals surface area contributed by atoms with Crippen LogP contribution in [0.3, 0.4) is 0 Å². The SMILES string of the molecule is Cc1ccc2c(c1)c(-c1ccccc1)c(-c1ccccc1)n2C[C@@H](O)CN1CCOCC1. The highest BCUT2D eigenvalue weighted by Gasteiger charge is 2.23. The van der Waals surface area contributed by atoms with E-state index in [1.165, 1.54) is 33.3 Å². The first-order valence-electron chi connectivity index (χ1n) is 11.4. The van der Waals surface area contributed by atoms with E-state index in [-0.39, 0.29) is 0 Å². The second-order valence-electron chi connectivity index (χ2n) is 8.65.